The number of carbonyl (C=O) groups excluding carboxylic acids is 2. The molecule has 6 rings (SSSR count). The number of aliphatic hydroxyl groups excluding tert-OH is 1. The largest absolute Gasteiger partial charge is 1.00 e. The SMILES string of the molecule is O=C(CCCCCNC(=O)c1ccc(C(=O)O)c(-c2c3ccc(=O)cc-3oc3cc(O)ccc23)c1)NCC#Cc1cn([C@H]2C[C@H](O)[C@@H](COP(=O)([O-])OP(=O)([O-])OP(=O)([O-])O)O2)c(=O)[nH]c1=O.[Li+].[Li+].[Li+]. The van der Waals surface area contributed by atoms with E-state index in [0.717, 1.165) is 10.8 Å². The van der Waals surface area contributed by atoms with Crippen LogP contribution < -0.4 is 98.6 Å². The molecule has 2 aromatic carbocycles. The van der Waals surface area contributed by atoms with Gasteiger partial charge in [0.2, 0.25) is 5.91 Å². The molecule has 0 bridgehead atoms. The minimum Gasteiger partial charge on any atom is -0.756 e. The van der Waals surface area contributed by atoms with E-state index in [2.05, 4.69) is 35.6 Å². The Hall–Kier alpha value is -4.30. The Bertz CT molecular complexity index is 3110. The number of amides is 2. The van der Waals surface area contributed by atoms with Gasteiger partial charge >= 0.3 is 68.2 Å². The van der Waals surface area contributed by atoms with Gasteiger partial charge in [0.15, 0.2) is 5.43 Å². The number of phosphoric acid groups is 3. The first kappa shape index (κ1) is 60.0. The summed E-state index contributed by atoms with van der Waals surface area (Å²) in [5.41, 5.74) is -1.42. The molecule has 1 fully saturated rings. The summed E-state index contributed by atoms with van der Waals surface area (Å²) in [6.07, 6.45) is -2.33. The molecule has 356 valence electrons. The number of carboxylic acid groups (broad SMARTS) is 1. The number of H-pyrrole nitrogens is 1. The molecular formula is C39H36Li3N4O21P3. The van der Waals surface area contributed by atoms with Gasteiger partial charge in [0.1, 0.15) is 35.0 Å². The van der Waals surface area contributed by atoms with Crippen LogP contribution in [0.2, 0.25) is 0 Å². The molecule has 2 aliphatic heterocycles. The van der Waals surface area contributed by atoms with Crippen molar-refractivity contribution in [3.63, 3.8) is 0 Å². The fourth-order valence-corrected chi connectivity index (χ4v) is 9.66. The predicted molar refractivity (Wildman–Crippen MR) is 223 cm³/mol. The van der Waals surface area contributed by atoms with Crippen LogP contribution in [-0.2, 0) is 36.4 Å². The van der Waals surface area contributed by atoms with Crippen LogP contribution in [0.3, 0.4) is 0 Å². The second kappa shape index (κ2) is 25.4. The van der Waals surface area contributed by atoms with E-state index in [1.807, 2.05) is 4.98 Å². The van der Waals surface area contributed by atoms with Crippen molar-refractivity contribution in [3.8, 4) is 40.0 Å². The van der Waals surface area contributed by atoms with E-state index < -0.39 is 77.5 Å². The van der Waals surface area contributed by atoms with Gasteiger partial charge in [0.25, 0.3) is 34.9 Å². The van der Waals surface area contributed by atoms with Gasteiger partial charge in [-0.15, -0.1) is 0 Å². The van der Waals surface area contributed by atoms with E-state index >= 15 is 0 Å². The van der Waals surface area contributed by atoms with E-state index in [1.165, 1.54) is 54.6 Å². The van der Waals surface area contributed by atoms with Crippen LogP contribution in [0.15, 0.2) is 79.6 Å². The molecular weight excluding hydrogens is 974 g/mol. The van der Waals surface area contributed by atoms with Crippen molar-refractivity contribution in [3.05, 3.63) is 109 Å². The number of benzene rings is 3. The fourth-order valence-electron chi connectivity index (χ4n) is 6.77. The Labute approximate surface area is 430 Å². The predicted octanol–water partition coefficient (Wildman–Crippen LogP) is -8.62. The van der Waals surface area contributed by atoms with Gasteiger partial charge in [-0.3, -0.25) is 42.4 Å². The Morgan fingerprint density at radius 3 is 2.33 bits per heavy atom. The molecule has 1 aliphatic carbocycles. The molecule has 3 heterocycles. The number of carboxylic acids is 1. The minimum atomic E-state index is -6.18. The zero-order valence-electron chi connectivity index (χ0n) is 37.2. The second-order valence-electron chi connectivity index (χ2n) is 14.5. The summed E-state index contributed by atoms with van der Waals surface area (Å²) in [7, 11) is -18.0. The first-order valence-corrected chi connectivity index (χ1v) is 23.9. The van der Waals surface area contributed by atoms with Crippen molar-refractivity contribution in [1.29, 1.82) is 0 Å². The molecule has 2 amide bonds. The second-order valence-corrected chi connectivity index (χ2v) is 18.8. The van der Waals surface area contributed by atoms with Crippen molar-refractivity contribution in [1.82, 2.24) is 20.2 Å². The summed E-state index contributed by atoms with van der Waals surface area (Å²) < 4.78 is 57.0. The maximum absolute atomic E-state index is 13.2. The molecule has 31 heteroatoms. The number of phenols is 1. The van der Waals surface area contributed by atoms with Crippen LogP contribution in [0.5, 0.6) is 5.75 Å². The van der Waals surface area contributed by atoms with Gasteiger partial charge < -0.3 is 59.2 Å². The maximum atomic E-state index is 13.2. The molecule has 0 saturated carbocycles. The van der Waals surface area contributed by atoms with Crippen LogP contribution in [0.1, 0.15) is 64.6 Å². The third-order valence-electron chi connectivity index (χ3n) is 9.70. The van der Waals surface area contributed by atoms with Crippen molar-refractivity contribution < 1.29 is 142 Å². The van der Waals surface area contributed by atoms with Gasteiger partial charge in [-0.25, -0.2) is 18.2 Å². The molecule has 0 spiro atoms. The number of nitrogens with one attached hydrogen (secondary N) is 3. The number of unbranched alkanes of at least 4 members (excludes halogenated alkanes) is 2. The van der Waals surface area contributed by atoms with Crippen LogP contribution in [0.25, 0.3) is 33.4 Å². The van der Waals surface area contributed by atoms with E-state index in [1.54, 1.807) is 0 Å². The summed E-state index contributed by atoms with van der Waals surface area (Å²) in [6, 6.07) is 12.4. The normalized spacial score (nSPS) is 17.8. The molecule has 1 saturated heterocycles. The fraction of sp³-hybridized carbons (Fsp3) is 0.282. The zero-order chi connectivity index (χ0) is 48.8. The first-order chi connectivity index (χ1) is 31.5. The smallest absolute Gasteiger partial charge is 0.756 e. The summed E-state index contributed by atoms with van der Waals surface area (Å²) in [4.78, 5) is 119. The third kappa shape index (κ3) is 16.1. The zero-order valence-corrected chi connectivity index (χ0v) is 39.9. The number of phenolic OH excluding ortho intramolecular Hbond substituents is 1. The van der Waals surface area contributed by atoms with Crippen LogP contribution >= 0.6 is 23.5 Å². The molecule has 7 N–H and O–H groups in total. The molecule has 6 atom stereocenters. The number of rotatable bonds is 18. The summed E-state index contributed by atoms with van der Waals surface area (Å²) in [5, 5.41) is 36.3. The Morgan fingerprint density at radius 2 is 1.63 bits per heavy atom. The number of aromatic hydroxyl groups is 1. The van der Waals surface area contributed by atoms with Crippen molar-refractivity contribution in [2.75, 3.05) is 19.7 Å². The number of hydrogen-bond donors (Lipinski definition) is 7. The van der Waals surface area contributed by atoms with Gasteiger partial charge in [0, 0.05) is 59.8 Å². The molecule has 1 aromatic heterocycles. The number of ether oxygens (including phenoxy) is 1. The first-order valence-electron chi connectivity index (χ1n) is 19.5. The van der Waals surface area contributed by atoms with Gasteiger partial charge in [0.05, 0.1) is 24.8 Å². The number of hydrogen-bond acceptors (Lipinski definition) is 19. The third-order valence-corrected chi connectivity index (χ3v) is 13.4. The number of aromatic carboxylic acids is 1. The molecule has 25 nitrogen and oxygen atoms in total. The number of phosphoric ester groups is 1. The molecule has 3 aromatic rings. The van der Waals surface area contributed by atoms with Gasteiger partial charge in [-0.1, -0.05) is 18.3 Å². The number of nitrogens with zero attached hydrogens (tertiary/aromatic N) is 1. The van der Waals surface area contributed by atoms with Gasteiger partial charge in [-0.05, 0) is 60.9 Å². The average Bonchev–Trinajstić information content (AvgIpc) is 3.60. The van der Waals surface area contributed by atoms with Crippen molar-refractivity contribution in [2.24, 2.45) is 0 Å². The Balaban J connectivity index is 0.00000432. The van der Waals surface area contributed by atoms with E-state index in [0.29, 0.717) is 35.8 Å². The van der Waals surface area contributed by atoms with Gasteiger partial charge in [-0.2, -0.15) is 0 Å². The van der Waals surface area contributed by atoms with Crippen LogP contribution in [-0.4, -0.2) is 79.5 Å². The topological polar surface area (TPSA) is 399 Å². The number of fused-ring (bicyclic) bond motifs is 2. The molecule has 0 radical (unpaired) electrons. The quantitative estimate of drug-likeness (QED) is 0.0141. The number of aliphatic hydroxyl groups is 1. The average molecular weight is 1010 g/mol. The molecule has 3 aliphatic rings. The standard InChI is InChI=1S/C39H39N4O21P3.3Li/c44-23-8-11-26-30(16-23)61-31-17-24(45)9-12-27(31)35(26)28-15-21(7-10-25(28)38(50)51)36(48)41-13-3-1-2-6-33(47)40-14-4-5-22-19-43(39(52)42-37(22)49)34-18-29(46)32(62-34)20-60-66(56,57)64-67(58,59)63-65(53,54)55;;;/h7-12,15-17,19,29,32,34,44,46H,1-3,6,13-14,18,20H2,(H,40,47)(H,41,48)(H,50,51)(H,56,57)(H,58,59)(H,42,49,52)(H2,53,54,55);;;/q;3*+1/p-3/t29-,32+,34+;;;/m0.../s1. The van der Waals surface area contributed by atoms with Crippen molar-refractivity contribution in [2.45, 2.75) is 50.5 Å². The van der Waals surface area contributed by atoms with E-state index in [4.69, 9.17) is 14.0 Å². The van der Waals surface area contributed by atoms with Crippen LogP contribution in [0, 0.1) is 11.8 Å². The van der Waals surface area contributed by atoms with Crippen LogP contribution in [0.4, 0.5) is 0 Å². The van der Waals surface area contributed by atoms with Crippen molar-refractivity contribution >= 4 is 52.2 Å². The number of carbonyl (C=O) groups is 3. The Kier molecular flexibility index (Phi) is 21.8. The van der Waals surface area contributed by atoms with E-state index in [-0.39, 0.29) is 127 Å². The number of aromatic nitrogens is 2. The van der Waals surface area contributed by atoms with E-state index in [9.17, 15) is 72.5 Å². The summed E-state index contributed by atoms with van der Waals surface area (Å²) in [5.74, 6) is 2.90. The summed E-state index contributed by atoms with van der Waals surface area (Å²) >= 11 is 0. The maximum Gasteiger partial charge on any atom is 1.00 e. The number of aromatic amines is 1. The molecule has 3 unspecified atom stereocenters. The Morgan fingerprint density at radius 1 is 0.900 bits per heavy atom. The molecule has 70 heavy (non-hydrogen) atoms. The monoisotopic (exact) mass is 1010 g/mol. The minimum absolute atomic E-state index is 0. The summed E-state index contributed by atoms with van der Waals surface area (Å²) in [6.45, 7) is -1.11.